The second-order valence-electron chi connectivity index (χ2n) is 4.14. The number of rotatable bonds is 5. The molecule has 19 heavy (non-hydrogen) atoms. The van der Waals surface area contributed by atoms with E-state index in [1.807, 2.05) is 13.8 Å². The van der Waals surface area contributed by atoms with Crippen LogP contribution in [0.15, 0.2) is 25.0 Å². The smallest absolute Gasteiger partial charge is 0.354 e. The van der Waals surface area contributed by atoms with Crippen molar-refractivity contribution >= 4 is 11.8 Å². The number of carboxylic acid groups (broad SMARTS) is 1. The van der Waals surface area contributed by atoms with Gasteiger partial charge in [-0.3, -0.25) is 0 Å². The summed E-state index contributed by atoms with van der Waals surface area (Å²) >= 11 is 0. The fraction of sp³-hybridized carbons (Fsp3) is 0.364. The van der Waals surface area contributed by atoms with Crippen molar-refractivity contribution in [3.63, 3.8) is 0 Å². The maximum Gasteiger partial charge on any atom is 0.354 e. The van der Waals surface area contributed by atoms with Gasteiger partial charge < -0.3 is 10.4 Å². The van der Waals surface area contributed by atoms with E-state index in [0.717, 1.165) is 0 Å². The van der Waals surface area contributed by atoms with Crippen LogP contribution in [0.3, 0.4) is 0 Å². The van der Waals surface area contributed by atoms with Crippen LogP contribution in [-0.4, -0.2) is 41.9 Å². The second-order valence-corrected chi connectivity index (χ2v) is 4.14. The molecule has 2 atom stereocenters. The Kier molecular flexibility index (Phi) is 3.69. The molecule has 0 fully saturated rings. The Morgan fingerprint density at radius 3 is 2.79 bits per heavy atom. The number of carbonyl (C=O) groups is 1. The number of nitrogens with zero attached hydrogens (tertiary/aromatic N) is 5. The van der Waals surface area contributed by atoms with Crippen LogP contribution in [0.25, 0.3) is 0 Å². The van der Waals surface area contributed by atoms with Crippen molar-refractivity contribution in [3.05, 3.63) is 30.7 Å². The van der Waals surface area contributed by atoms with Crippen molar-refractivity contribution in [2.75, 3.05) is 5.32 Å². The Balaban J connectivity index is 2.08. The molecule has 0 bridgehead atoms. The van der Waals surface area contributed by atoms with E-state index in [-0.39, 0.29) is 17.8 Å². The average molecular weight is 262 g/mol. The Morgan fingerprint density at radius 2 is 2.16 bits per heavy atom. The van der Waals surface area contributed by atoms with Crippen LogP contribution < -0.4 is 5.32 Å². The number of aromatic carboxylic acids is 1. The molecule has 2 aromatic heterocycles. The lowest BCUT2D eigenvalue weighted by Crippen LogP contribution is -2.27. The molecule has 8 heteroatoms. The summed E-state index contributed by atoms with van der Waals surface area (Å²) in [7, 11) is 0. The number of hydrogen-bond donors (Lipinski definition) is 2. The van der Waals surface area contributed by atoms with Crippen LogP contribution in [0.5, 0.6) is 0 Å². The maximum atomic E-state index is 10.8. The van der Waals surface area contributed by atoms with E-state index in [1.165, 1.54) is 18.7 Å². The molecule has 0 saturated carbocycles. The van der Waals surface area contributed by atoms with Crippen LogP contribution in [-0.2, 0) is 0 Å². The van der Waals surface area contributed by atoms with Crippen molar-refractivity contribution in [2.24, 2.45) is 0 Å². The predicted molar refractivity (Wildman–Crippen MR) is 66.8 cm³/mol. The zero-order chi connectivity index (χ0) is 13.8. The van der Waals surface area contributed by atoms with Crippen molar-refractivity contribution in [3.8, 4) is 0 Å². The van der Waals surface area contributed by atoms with E-state index in [1.54, 1.807) is 11.0 Å². The molecule has 8 nitrogen and oxygen atoms in total. The van der Waals surface area contributed by atoms with E-state index in [9.17, 15) is 4.79 Å². The van der Waals surface area contributed by atoms with Gasteiger partial charge in [0.2, 0.25) is 0 Å². The summed E-state index contributed by atoms with van der Waals surface area (Å²) in [6, 6.07) is 1.44. The van der Waals surface area contributed by atoms with Gasteiger partial charge in [-0.15, -0.1) is 0 Å². The SMILES string of the molecule is CC(Nc1cc(C(=O)O)ncn1)C(C)n1cncn1. The highest BCUT2D eigenvalue weighted by Gasteiger charge is 2.15. The summed E-state index contributed by atoms with van der Waals surface area (Å²) in [5.41, 5.74) is -0.0434. The van der Waals surface area contributed by atoms with Gasteiger partial charge in [0.05, 0.1) is 6.04 Å². The van der Waals surface area contributed by atoms with E-state index in [2.05, 4.69) is 25.4 Å². The van der Waals surface area contributed by atoms with E-state index in [4.69, 9.17) is 5.11 Å². The minimum atomic E-state index is -1.08. The van der Waals surface area contributed by atoms with E-state index >= 15 is 0 Å². The number of aromatic nitrogens is 5. The van der Waals surface area contributed by atoms with Gasteiger partial charge in [0, 0.05) is 12.1 Å². The Hall–Kier alpha value is -2.51. The summed E-state index contributed by atoms with van der Waals surface area (Å²) < 4.78 is 1.72. The number of carboxylic acids is 1. The lowest BCUT2D eigenvalue weighted by atomic mass is 10.2. The van der Waals surface area contributed by atoms with Gasteiger partial charge in [0.15, 0.2) is 5.69 Å². The zero-order valence-corrected chi connectivity index (χ0v) is 10.6. The maximum absolute atomic E-state index is 10.8. The van der Waals surface area contributed by atoms with Crippen LogP contribution in [0.2, 0.25) is 0 Å². The van der Waals surface area contributed by atoms with Crippen LogP contribution in [0.4, 0.5) is 5.82 Å². The predicted octanol–water partition coefficient (Wildman–Crippen LogP) is 0.828. The molecule has 0 aliphatic rings. The molecule has 0 spiro atoms. The van der Waals surface area contributed by atoms with Gasteiger partial charge >= 0.3 is 5.97 Å². The first kappa shape index (κ1) is 12.9. The van der Waals surface area contributed by atoms with Gasteiger partial charge in [0.25, 0.3) is 0 Å². The monoisotopic (exact) mass is 262 g/mol. The Labute approximate surface area is 109 Å². The Morgan fingerprint density at radius 1 is 1.37 bits per heavy atom. The minimum Gasteiger partial charge on any atom is -0.477 e. The third kappa shape index (κ3) is 3.03. The molecule has 2 heterocycles. The van der Waals surface area contributed by atoms with Crippen molar-refractivity contribution in [1.29, 1.82) is 0 Å². The topological polar surface area (TPSA) is 106 Å². The van der Waals surface area contributed by atoms with Gasteiger partial charge in [-0.05, 0) is 13.8 Å². The number of anilines is 1. The Bertz CT molecular complexity index is 556. The fourth-order valence-corrected chi connectivity index (χ4v) is 1.56. The summed E-state index contributed by atoms with van der Waals surface area (Å²) in [5.74, 6) is -0.616. The van der Waals surface area contributed by atoms with Gasteiger partial charge in [0.1, 0.15) is 24.8 Å². The number of nitrogens with one attached hydrogen (secondary N) is 1. The zero-order valence-electron chi connectivity index (χ0n) is 10.6. The average Bonchev–Trinajstić information content (AvgIpc) is 2.92. The summed E-state index contributed by atoms with van der Waals surface area (Å²) in [4.78, 5) is 22.4. The first-order chi connectivity index (χ1) is 9.08. The van der Waals surface area contributed by atoms with Gasteiger partial charge in [-0.1, -0.05) is 0 Å². The third-order valence-corrected chi connectivity index (χ3v) is 2.84. The standard InChI is InChI=1S/C11H14N6O2/c1-7(8(2)17-6-12-4-15-17)16-10-3-9(11(18)19)13-5-14-10/h3-8H,1-2H3,(H,18,19)(H,13,14,16). The summed E-state index contributed by atoms with van der Waals surface area (Å²) in [5, 5.41) is 16.0. The first-order valence-corrected chi connectivity index (χ1v) is 5.74. The molecule has 2 N–H and O–H groups in total. The molecule has 2 aromatic rings. The molecular formula is C11H14N6O2. The van der Waals surface area contributed by atoms with Crippen LogP contribution >= 0.6 is 0 Å². The number of hydrogen-bond acceptors (Lipinski definition) is 6. The quantitative estimate of drug-likeness (QED) is 0.821. The lowest BCUT2D eigenvalue weighted by molar-refractivity contribution is 0.0690. The molecule has 2 unspecified atom stereocenters. The summed E-state index contributed by atoms with van der Waals surface area (Å²) in [6.07, 6.45) is 4.32. The molecule has 0 radical (unpaired) electrons. The highest BCUT2D eigenvalue weighted by atomic mass is 16.4. The summed E-state index contributed by atoms with van der Waals surface area (Å²) in [6.45, 7) is 3.93. The van der Waals surface area contributed by atoms with Crippen molar-refractivity contribution in [1.82, 2.24) is 24.7 Å². The van der Waals surface area contributed by atoms with E-state index in [0.29, 0.717) is 5.82 Å². The second kappa shape index (κ2) is 5.42. The highest BCUT2D eigenvalue weighted by Crippen LogP contribution is 2.14. The van der Waals surface area contributed by atoms with Crippen molar-refractivity contribution < 1.29 is 9.90 Å². The molecule has 0 aliphatic carbocycles. The van der Waals surface area contributed by atoms with E-state index < -0.39 is 5.97 Å². The molecule has 2 rings (SSSR count). The van der Waals surface area contributed by atoms with Gasteiger partial charge in [-0.25, -0.2) is 24.4 Å². The molecule has 0 amide bonds. The normalized spacial score (nSPS) is 13.8. The first-order valence-electron chi connectivity index (χ1n) is 5.74. The molecule has 0 saturated heterocycles. The van der Waals surface area contributed by atoms with Crippen LogP contribution in [0.1, 0.15) is 30.4 Å². The largest absolute Gasteiger partial charge is 0.477 e. The third-order valence-electron chi connectivity index (χ3n) is 2.84. The van der Waals surface area contributed by atoms with Crippen LogP contribution in [0, 0.1) is 0 Å². The molecule has 0 aromatic carbocycles. The molecular weight excluding hydrogens is 248 g/mol. The molecule has 100 valence electrons. The minimum absolute atomic E-state index is 0.00163. The molecule has 0 aliphatic heterocycles. The van der Waals surface area contributed by atoms with Crippen molar-refractivity contribution in [2.45, 2.75) is 25.9 Å². The fourth-order valence-electron chi connectivity index (χ4n) is 1.56. The lowest BCUT2D eigenvalue weighted by Gasteiger charge is -2.21. The highest BCUT2D eigenvalue weighted by molar-refractivity contribution is 5.86. The van der Waals surface area contributed by atoms with Gasteiger partial charge in [-0.2, -0.15) is 5.10 Å².